The maximum atomic E-state index is 5.07. The molecular weight excluding hydrogens is 615 g/mol. The molecule has 0 aliphatic carbocycles. The molecule has 0 aliphatic rings. The molecule has 0 aliphatic heterocycles. The van der Waals surface area contributed by atoms with Crippen molar-refractivity contribution in [3.63, 3.8) is 0 Å². The van der Waals surface area contributed by atoms with Gasteiger partial charge in [-0.25, -0.2) is 15.0 Å². The normalized spacial score (nSPS) is 11.3. The molecule has 49 heavy (non-hydrogen) atoms. The lowest BCUT2D eigenvalue weighted by Gasteiger charge is -2.11. The van der Waals surface area contributed by atoms with Gasteiger partial charge >= 0.3 is 0 Å². The third-order valence-corrected chi connectivity index (χ3v) is 9.99. The number of aromatic nitrogens is 3. The molecule has 0 saturated carbocycles. The second-order valence-corrected chi connectivity index (χ2v) is 13.1. The van der Waals surface area contributed by atoms with Crippen molar-refractivity contribution in [2.24, 2.45) is 0 Å². The maximum Gasteiger partial charge on any atom is 0.160 e. The van der Waals surface area contributed by atoms with Crippen LogP contribution in [0.25, 0.3) is 87.7 Å². The van der Waals surface area contributed by atoms with E-state index in [2.05, 4.69) is 146 Å². The molecule has 0 atom stereocenters. The summed E-state index contributed by atoms with van der Waals surface area (Å²) < 4.78 is 1.19. The van der Waals surface area contributed by atoms with Crippen molar-refractivity contribution in [2.45, 2.75) is 0 Å². The fourth-order valence-electron chi connectivity index (χ4n) is 6.32. The van der Waals surface area contributed by atoms with Crippen LogP contribution in [0.3, 0.4) is 0 Å². The van der Waals surface area contributed by atoms with E-state index in [1.165, 1.54) is 37.7 Å². The van der Waals surface area contributed by atoms with Crippen molar-refractivity contribution in [2.75, 3.05) is 0 Å². The summed E-state index contributed by atoms with van der Waals surface area (Å²) in [4.78, 5) is 15.0. The SMILES string of the molecule is c1ccc(-c2ccc(-c3cc(-c4ccc5cc(-c6ccc7nc(-c8ccccc8)sc7c6)ccc5c4)nc(-c4ccccc4)n3)cc2)cc1. The van der Waals surface area contributed by atoms with Crippen LogP contribution in [-0.4, -0.2) is 15.0 Å². The van der Waals surface area contributed by atoms with Gasteiger partial charge in [0.15, 0.2) is 5.82 Å². The summed E-state index contributed by atoms with van der Waals surface area (Å²) in [6.45, 7) is 0. The van der Waals surface area contributed by atoms with E-state index >= 15 is 0 Å². The molecule has 0 amide bonds. The Balaban J connectivity index is 1.07. The average Bonchev–Trinajstić information content (AvgIpc) is 3.62. The van der Waals surface area contributed by atoms with Gasteiger partial charge in [-0.15, -0.1) is 11.3 Å². The molecule has 0 unspecified atom stereocenters. The van der Waals surface area contributed by atoms with Crippen LogP contribution in [0, 0.1) is 0 Å². The van der Waals surface area contributed by atoms with E-state index in [9.17, 15) is 0 Å². The first-order valence-electron chi connectivity index (χ1n) is 16.3. The Morgan fingerprint density at radius 2 is 0.816 bits per heavy atom. The van der Waals surface area contributed by atoms with E-state index < -0.39 is 0 Å². The molecule has 0 bridgehead atoms. The first kappa shape index (κ1) is 29.0. The Bertz CT molecular complexity index is 2580. The Morgan fingerprint density at radius 3 is 1.51 bits per heavy atom. The minimum Gasteiger partial charge on any atom is -0.236 e. The number of benzene rings is 7. The smallest absolute Gasteiger partial charge is 0.160 e. The predicted octanol–water partition coefficient (Wildman–Crippen LogP) is 12.2. The summed E-state index contributed by atoms with van der Waals surface area (Å²) in [5, 5.41) is 3.40. The number of nitrogens with zero attached hydrogens (tertiary/aromatic N) is 3. The lowest BCUT2D eigenvalue weighted by atomic mass is 9.98. The minimum atomic E-state index is 0.713. The summed E-state index contributed by atoms with van der Waals surface area (Å²) in [5.74, 6) is 0.713. The highest BCUT2D eigenvalue weighted by Gasteiger charge is 2.13. The van der Waals surface area contributed by atoms with E-state index in [0.29, 0.717) is 5.82 Å². The molecule has 9 aromatic rings. The van der Waals surface area contributed by atoms with Gasteiger partial charge < -0.3 is 0 Å². The standard InChI is InChI=1S/C45H29N3S/c1-4-10-30(11-5-1)31-16-18-32(19-17-31)41-29-42(47-44(46-41)33-12-6-2-7-13-33)39-23-22-35-26-36(20-21-37(35)27-39)38-24-25-40-43(28-38)49-45(48-40)34-14-8-3-9-15-34/h1-29H. The van der Waals surface area contributed by atoms with Crippen LogP contribution in [0.15, 0.2) is 176 Å². The summed E-state index contributed by atoms with van der Waals surface area (Å²) in [7, 11) is 0. The molecule has 2 aromatic heterocycles. The highest BCUT2D eigenvalue weighted by atomic mass is 32.1. The molecule has 0 saturated heterocycles. The predicted molar refractivity (Wildman–Crippen MR) is 205 cm³/mol. The monoisotopic (exact) mass is 643 g/mol. The third kappa shape index (κ3) is 5.80. The molecule has 3 nitrogen and oxygen atoms in total. The first-order chi connectivity index (χ1) is 24.2. The second kappa shape index (κ2) is 12.4. The van der Waals surface area contributed by atoms with E-state index in [4.69, 9.17) is 15.0 Å². The van der Waals surface area contributed by atoms with Crippen LogP contribution in [0.4, 0.5) is 0 Å². The van der Waals surface area contributed by atoms with Crippen molar-refractivity contribution in [1.29, 1.82) is 0 Å². The number of thiazole rings is 1. The molecule has 0 spiro atoms. The fourth-order valence-corrected chi connectivity index (χ4v) is 7.33. The minimum absolute atomic E-state index is 0.713. The van der Waals surface area contributed by atoms with Gasteiger partial charge in [0, 0.05) is 22.3 Å². The van der Waals surface area contributed by atoms with Gasteiger partial charge in [0.05, 0.1) is 21.6 Å². The molecular formula is C45H29N3S. The van der Waals surface area contributed by atoms with Crippen LogP contribution >= 0.6 is 11.3 Å². The number of hydrogen-bond donors (Lipinski definition) is 0. The zero-order valence-corrected chi connectivity index (χ0v) is 27.3. The maximum absolute atomic E-state index is 5.07. The molecule has 230 valence electrons. The van der Waals surface area contributed by atoms with Crippen molar-refractivity contribution in [3.05, 3.63) is 176 Å². The Morgan fingerprint density at radius 1 is 0.327 bits per heavy atom. The third-order valence-electron chi connectivity index (χ3n) is 8.92. The van der Waals surface area contributed by atoms with Crippen LogP contribution in [0.1, 0.15) is 0 Å². The van der Waals surface area contributed by atoms with Crippen molar-refractivity contribution in [3.8, 4) is 66.7 Å². The van der Waals surface area contributed by atoms with Crippen LogP contribution < -0.4 is 0 Å². The van der Waals surface area contributed by atoms with Crippen LogP contribution in [-0.2, 0) is 0 Å². The second-order valence-electron chi connectivity index (χ2n) is 12.1. The highest BCUT2D eigenvalue weighted by molar-refractivity contribution is 7.21. The van der Waals surface area contributed by atoms with Gasteiger partial charge in [0.25, 0.3) is 0 Å². The molecule has 0 fully saturated rings. The van der Waals surface area contributed by atoms with Gasteiger partial charge in [-0.05, 0) is 63.4 Å². The first-order valence-corrected chi connectivity index (χ1v) is 17.2. The summed E-state index contributed by atoms with van der Waals surface area (Å²) in [5.41, 5.74) is 11.8. The molecule has 4 heteroatoms. The largest absolute Gasteiger partial charge is 0.236 e. The van der Waals surface area contributed by atoms with Crippen molar-refractivity contribution >= 4 is 32.3 Å². The Kier molecular flexibility index (Phi) is 7.34. The average molecular weight is 644 g/mol. The quantitative estimate of drug-likeness (QED) is 0.181. The van der Waals surface area contributed by atoms with E-state index in [1.54, 1.807) is 11.3 Å². The van der Waals surface area contributed by atoms with Gasteiger partial charge in [0.2, 0.25) is 0 Å². The van der Waals surface area contributed by atoms with E-state index in [0.717, 1.165) is 44.2 Å². The number of hydrogen-bond acceptors (Lipinski definition) is 4. The lowest BCUT2D eigenvalue weighted by Crippen LogP contribution is -1.96. The summed E-state index contributed by atoms with van der Waals surface area (Å²) in [6.07, 6.45) is 0. The van der Waals surface area contributed by atoms with Gasteiger partial charge in [-0.2, -0.15) is 0 Å². The van der Waals surface area contributed by atoms with E-state index in [1.807, 2.05) is 30.3 Å². The Hall–Kier alpha value is -6.23. The Labute approximate surface area is 288 Å². The lowest BCUT2D eigenvalue weighted by molar-refractivity contribution is 1.18. The number of rotatable bonds is 6. The molecule has 0 N–H and O–H groups in total. The molecule has 2 heterocycles. The summed E-state index contributed by atoms with van der Waals surface area (Å²) in [6, 6.07) is 61.6. The van der Waals surface area contributed by atoms with Crippen molar-refractivity contribution < 1.29 is 0 Å². The zero-order chi connectivity index (χ0) is 32.6. The van der Waals surface area contributed by atoms with E-state index in [-0.39, 0.29) is 0 Å². The molecule has 7 aromatic carbocycles. The van der Waals surface area contributed by atoms with Crippen molar-refractivity contribution in [1.82, 2.24) is 15.0 Å². The number of fused-ring (bicyclic) bond motifs is 2. The van der Waals surface area contributed by atoms with Crippen LogP contribution in [0.5, 0.6) is 0 Å². The summed E-state index contributed by atoms with van der Waals surface area (Å²) >= 11 is 1.74. The molecule has 9 rings (SSSR count). The zero-order valence-electron chi connectivity index (χ0n) is 26.5. The van der Waals surface area contributed by atoms with Gasteiger partial charge in [0.1, 0.15) is 5.01 Å². The molecule has 0 radical (unpaired) electrons. The topological polar surface area (TPSA) is 38.7 Å². The fraction of sp³-hybridized carbons (Fsp3) is 0. The van der Waals surface area contributed by atoms with Crippen LogP contribution in [0.2, 0.25) is 0 Å². The van der Waals surface area contributed by atoms with Gasteiger partial charge in [-0.1, -0.05) is 146 Å². The van der Waals surface area contributed by atoms with Gasteiger partial charge in [-0.3, -0.25) is 0 Å². The highest BCUT2D eigenvalue weighted by Crippen LogP contribution is 2.35.